The van der Waals surface area contributed by atoms with E-state index >= 15 is 0 Å². The van der Waals surface area contributed by atoms with Gasteiger partial charge in [0.25, 0.3) is 8.32 Å². The molecule has 1 fully saturated rings. The van der Waals surface area contributed by atoms with Gasteiger partial charge in [-0.05, 0) is 15.4 Å². The van der Waals surface area contributed by atoms with E-state index < -0.39 is 8.32 Å². The smallest absolute Gasteiger partial charge is 0.261 e. The summed E-state index contributed by atoms with van der Waals surface area (Å²) in [4.78, 5) is 6.75. The fourth-order valence-electron chi connectivity index (χ4n) is 3.98. The largest absolute Gasteiger partial charge is 0.401 e. The Morgan fingerprint density at radius 2 is 1.52 bits per heavy atom. The quantitative estimate of drug-likeness (QED) is 0.614. The summed E-state index contributed by atoms with van der Waals surface area (Å²) in [5.41, 5.74) is 0. The number of benzene rings is 2. The van der Waals surface area contributed by atoms with Gasteiger partial charge in [0, 0.05) is 24.7 Å². The summed E-state index contributed by atoms with van der Waals surface area (Å²) in [6.45, 7) is 8.82. The third-order valence-corrected chi connectivity index (χ3v) is 11.2. The molecule has 2 heterocycles. The molecule has 0 N–H and O–H groups in total. The van der Waals surface area contributed by atoms with Crippen molar-refractivity contribution in [3.05, 3.63) is 72.2 Å². The molecule has 0 saturated carbocycles. The number of hydrogen-bond acceptors (Lipinski definition) is 4. The zero-order valence-electron chi connectivity index (χ0n) is 16.1. The maximum atomic E-state index is 7.11. The topological polar surface area (TPSA) is 25.4 Å². The van der Waals surface area contributed by atoms with Gasteiger partial charge in [-0.2, -0.15) is 0 Å². The molecule has 3 nitrogen and oxygen atoms in total. The number of hydrogen-bond donors (Lipinski definition) is 0. The Morgan fingerprint density at radius 3 is 1.96 bits per heavy atom. The van der Waals surface area contributed by atoms with E-state index in [4.69, 9.17) is 4.43 Å². The molecule has 27 heavy (non-hydrogen) atoms. The monoisotopic (exact) mass is 394 g/mol. The van der Waals surface area contributed by atoms with Crippen molar-refractivity contribution in [3.63, 3.8) is 0 Å². The van der Waals surface area contributed by atoms with E-state index in [0.29, 0.717) is 0 Å². The highest BCUT2D eigenvalue weighted by Gasteiger charge is 2.52. The van der Waals surface area contributed by atoms with Crippen molar-refractivity contribution in [2.45, 2.75) is 31.9 Å². The molecule has 0 unspecified atom stereocenters. The molecule has 1 aromatic heterocycles. The molecular weight excluding hydrogens is 368 g/mol. The van der Waals surface area contributed by atoms with E-state index in [1.54, 1.807) is 11.3 Å². The number of nitrogens with zero attached hydrogens (tertiary/aromatic N) is 2. The first kappa shape index (κ1) is 18.4. The molecular formula is C22H26N2OSSi. The van der Waals surface area contributed by atoms with Crippen LogP contribution in [0.3, 0.4) is 0 Å². The van der Waals surface area contributed by atoms with Crippen LogP contribution in [0.15, 0.2) is 72.2 Å². The van der Waals surface area contributed by atoms with Crippen LogP contribution in [0.2, 0.25) is 5.04 Å². The van der Waals surface area contributed by atoms with Crippen LogP contribution in [0.1, 0.15) is 20.8 Å². The maximum Gasteiger partial charge on any atom is 0.261 e. The lowest BCUT2D eigenvalue weighted by molar-refractivity contribution is 0.155. The van der Waals surface area contributed by atoms with E-state index in [0.717, 1.165) is 18.2 Å². The zero-order valence-corrected chi connectivity index (χ0v) is 17.9. The molecule has 1 saturated heterocycles. The highest BCUT2D eigenvalue weighted by molar-refractivity contribution is 7.13. The van der Waals surface area contributed by atoms with Gasteiger partial charge in [-0.1, -0.05) is 81.4 Å². The molecule has 4 rings (SSSR count). The van der Waals surface area contributed by atoms with Crippen LogP contribution < -0.4 is 15.3 Å². The Kier molecular flexibility index (Phi) is 4.93. The first-order chi connectivity index (χ1) is 13.0. The zero-order chi connectivity index (χ0) is 18.9. The summed E-state index contributed by atoms with van der Waals surface area (Å²) in [5, 5.41) is 5.84. The molecule has 0 aliphatic carbocycles. The van der Waals surface area contributed by atoms with Crippen LogP contribution >= 0.6 is 11.3 Å². The van der Waals surface area contributed by atoms with Crippen LogP contribution in [0.5, 0.6) is 0 Å². The van der Waals surface area contributed by atoms with Crippen molar-refractivity contribution in [2.75, 3.05) is 18.0 Å². The summed E-state index contributed by atoms with van der Waals surface area (Å²) in [6, 6.07) is 21.7. The lowest BCUT2D eigenvalue weighted by Crippen LogP contribution is -2.70. The van der Waals surface area contributed by atoms with E-state index in [1.165, 1.54) is 10.4 Å². The van der Waals surface area contributed by atoms with Gasteiger partial charge in [-0.25, -0.2) is 4.98 Å². The fourth-order valence-corrected chi connectivity index (χ4v) is 9.31. The van der Waals surface area contributed by atoms with Crippen LogP contribution in [0.4, 0.5) is 5.13 Å². The van der Waals surface area contributed by atoms with Gasteiger partial charge in [0.2, 0.25) is 0 Å². The first-order valence-corrected chi connectivity index (χ1v) is 12.2. The summed E-state index contributed by atoms with van der Waals surface area (Å²) >= 11 is 1.70. The van der Waals surface area contributed by atoms with Crippen molar-refractivity contribution in [2.24, 2.45) is 0 Å². The summed E-state index contributed by atoms with van der Waals surface area (Å²) in [7, 11) is -2.44. The molecule has 140 valence electrons. The average molecular weight is 395 g/mol. The van der Waals surface area contributed by atoms with Gasteiger partial charge >= 0.3 is 0 Å². The highest BCUT2D eigenvalue weighted by atomic mass is 32.1. The van der Waals surface area contributed by atoms with Crippen LogP contribution in [-0.2, 0) is 4.43 Å². The molecule has 0 spiro atoms. The Bertz CT molecular complexity index is 817. The van der Waals surface area contributed by atoms with Crippen LogP contribution in [0.25, 0.3) is 0 Å². The number of anilines is 1. The van der Waals surface area contributed by atoms with Crippen molar-refractivity contribution in [3.8, 4) is 0 Å². The van der Waals surface area contributed by atoms with Crippen LogP contribution in [0, 0.1) is 0 Å². The van der Waals surface area contributed by atoms with Gasteiger partial charge < -0.3 is 9.33 Å². The Hall–Kier alpha value is -1.95. The molecule has 2 aromatic carbocycles. The van der Waals surface area contributed by atoms with Gasteiger partial charge in [0.1, 0.15) is 0 Å². The van der Waals surface area contributed by atoms with E-state index in [1.807, 2.05) is 11.6 Å². The molecule has 0 radical (unpaired) electrons. The van der Waals surface area contributed by atoms with Crippen LogP contribution in [-0.4, -0.2) is 32.5 Å². The average Bonchev–Trinajstić information content (AvgIpc) is 3.15. The second-order valence-corrected chi connectivity index (χ2v) is 13.2. The Morgan fingerprint density at radius 1 is 0.963 bits per heavy atom. The molecule has 0 amide bonds. The SMILES string of the molecule is CC(C)(C)[Si](OC1CN(c2nccs2)C1)(c1ccccc1)c1ccccc1. The normalized spacial score (nSPS) is 15.6. The lowest BCUT2D eigenvalue weighted by atomic mass is 10.2. The predicted molar refractivity (Wildman–Crippen MR) is 117 cm³/mol. The molecule has 1 aliphatic rings. The minimum Gasteiger partial charge on any atom is -0.401 e. The van der Waals surface area contributed by atoms with Crippen molar-refractivity contribution in [1.29, 1.82) is 0 Å². The third kappa shape index (κ3) is 3.35. The molecule has 3 aromatic rings. The number of rotatable bonds is 5. The van der Waals surface area contributed by atoms with E-state index in [-0.39, 0.29) is 11.1 Å². The second kappa shape index (κ2) is 7.22. The first-order valence-electron chi connectivity index (χ1n) is 9.44. The third-order valence-electron chi connectivity index (χ3n) is 5.30. The molecule has 0 atom stereocenters. The molecule has 5 heteroatoms. The second-order valence-electron chi connectivity index (χ2n) is 8.12. The van der Waals surface area contributed by atoms with Crippen molar-refractivity contribution < 1.29 is 4.43 Å². The van der Waals surface area contributed by atoms with Gasteiger partial charge in [0.15, 0.2) is 5.13 Å². The Balaban J connectivity index is 1.70. The van der Waals surface area contributed by atoms with Gasteiger partial charge in [-0.15, -0.1) is 11.3 Å². The molecule has 1 aliphatic heterocycles. The van der Waals surface area contributed by atoms with E-state index in [2.05, 4.69) is 91.3 Å². The maximum absolute atomic E-state index is 7.11. The van der Waals surface area contributed by atoms with Crippen molar-refractivity contribution in [1.82, 2.24) is 4.98 Å². The fraction of sp³-hybridized carbons (Fsp3) is 0.318. The predicted octanol–water partition coefficient (Wildman–Crippen LogP) is 3.91. The standard InChI is InChI=1S/C22H26N2OSSi/c1-22(2,3)27(19-10-6-4-7-11-19,20-12-8-5-9-13-20)25-18-16-24(17-18)21-23-14-15-26-21/h4-15,18H,16-17H2,1-3H3. The Labute approximate surface area is 166 Å². The highest BCUT2D eigenvalue weighted by Crippen LogP contribution is 2.39. The minimum absolute atomic E-state index is 0.0251. The number of aromatic nitrogens is 1. The summed E-state index contributed by atoms with van der Waals surface area (Å²) < 4.78 is 7.11. The lowest BCUT2D eigenvalue weighted by Gasteiger charge is -2.49. The van der Waals surface area contributed by atoms with E-state index in [9.17, 15) is 0 Å². The summed E-state index contributed by atoms with van der Waals surface area (Å²) in [6.07, 6.45) is 2.11. The van der Waals surface area contributed by atoms with Gasteiger partial charge in [0.05, 0.1) is 6.10 Å². The van der Waals surface area contributed by atoms with Gasteiger partial charge in [-0.3, -0.25) is 0 Å². The minimum atomic E-state index is -2.44. The van der Waals surface area contributed by atoms with Crippen molar-refractivity contribution >= 4 is 35.2 Å². The number of thiazole rings is 1. The summed E-state index contributed by atoms with van der Waals surface area (Å²) in [5.74, 6) is 0. The molecule has 0 bridgehead atoms.